The molecule has 1 aromatic carbocycles. The Hall–Kier alpha value is -1.81. The van der Waals surface area contributed by atoms with Crippen molar-refractivity contribution in [3.05, 3.63) is 40.2 Å². The normalized spacial score (nSPS) is 15.7. The lowest BCUT2D eigenvalue weighted by Crippen LogP contribution is -2.28. The van der Waals surface area contributed by atoms with Crippen LogP contribution in [0.15, 0.2) is 29.1 Å². The van der Waals surface area contributed by atoms with E-state index in [0.29, 0.717) is 19.2 Å². The highest BCUT2D eigenvalue weighted by molar-refractivity contribution is 5.80. The molecule has 2 aromatic rings. The highest BCUT2D eigenvalue weighted by atomic mass is 16.5. The summed E-state index contributed by atoms with van der Waals surface area (Å²) in [5.74, 6) is 0.840. The molecule has 0 radical (unpaired) electrons. The molecule has 0 amide bonds. The molecule has 0 saturated heterocycles. The second-order valence-corrected chi connectivity index (χ2v) is 5.67. The van der Waals surface area contributed by atoms with Crippen LogP contribution in [0.4, 0.5) is 0 Å². The van der Waals surface area contributed by atoms with Gasteiger partial charge in [-0.05, 0) is 44.0 Å². The maximum absolute atomic E-state index is 12.1. The third-order valence-corrected chi connectivity index (χ3v) is 4.14. The molecule has 1 aromatic heterocycles. The van der Waals surface area contributed by atoms with Crippen LogP contribution in [0.5, 0.6) is 5.75 Å². The molecular weight excluding hydrogens is 264 g/mol. The van der Waals surface area contributed by atoms with Crippen molar-refractivity contribution in [2.24, 2.45) is 0 Å². The molecule has 21 heavy (non-hydrogen) atoms. The molecule has 1 heterocycles. The molecule has 3 rings (SSSR count). The lowest BCUT2D eigenvalue weighted by atomic mass is 10.1. The zero-order valence-corrected chi connectivity index (χ0v) is 12.4. The van der Waals surface area contributed by atoms with Crippen LogP contribution in [0, 0.1) is 0 Å². The number of aromatic amines is 1. The van der Waals surface area contributed by atoms with Gasteiger partial charge in [0, 0.05) is 29.1 Å². The van der Waals surface area contributed by atoms with Gasteiger partial charge in [-0.2, -0.15) is 0 Å². The fraction of sp³-hybridized carbons (Fsp3) is 0.471. The van der Waals surface area contributed by atoms with E-state index >= 15 is 0 Å². The second-order valence-electron chi connectivity index (χ2n) is 5.67. The van der Waals surface area contributed by atoms with Gasteiger partial charge in [-0.25, -0.2) is 0 Å². The van der Waals surface area contributed by atoms with Gasteiger partial charge in [0.05, 0.1) is 6.61 Å². The first-order chi connectivity index (χ1) is 10.3. The van der Waals surface area contributed by atoms with Gasteiger partial charge in [0.15, 0.2) is 0 Å². The largest absolute Gasteiger partial charge is 0.494 e. The summed E-state index contributed by atoms with van der Waals surface area (Å²) >= 11 is 0. The second kappa shape index (κ2) is 6.31. The molecule has 112 valence electrons. The predicted octanol–water partition coefficient (Wildman–Crippen LogP) is 2.96. The van der Waals surface area contributed by atoms with Crippen molar-refractivity contribution in [1.82, 2.24) is 10.3 Å². The van der Waals surface area contributed by atoms with Gasteiger partial charge in [0.2, 0.25) is 0 Å². The number of pyridine rings is 1. The van der Waals surface area contributed by atoms with Gasteiger partial charge >= 0.3 is 0 Å². The van der Waals surface area contributed by atoms with E-state index in [1.54, 1.807) is 0 Å². The van der Waals surface area contributed by atoms with Crippen molar-refractivity contribution in [2.45, 2.75) is 45.2 Å². The summed E-state index contributed by atoms with van der Waals surface area (Å²) in [6.07, 6.45) is 5.03. The number of benzene rings is 1. The molecule has 1 aliphatic carbocycles. The molecule has 0 atom stereocenters. The minimum absolute atomic E-state index is 0.00263. The monoisotopic (exact) mass is 286 g/mol. The molecule has 1 aliphatic rings. The van der Waals surface area contributed by atoms with E-state index in [0.717, 1.165) is 22.2 Å². The molecule has 0 spiro atoms. The smallest absolute Gasteiger partial charge is 0.252 e. The number of nitrogens with one attached hydrogen (secondary N) is 2. The van der Waals surface area contributed by atoms with Crippen molar-refractivity contribution in [3.8, 4) is 5.75 Å². The van der Waals surface area contributed by atoms with Gasteiger partial charge in [-0.15, -0.1) is 0 Å². The number of hydrogen-bond donors (Lipinski definition) is 2. The number of aromatic nitrogens is 1. The molecule has 1 fully saturated rings. The predicted molar refractivity (Wildman–Crippen MR) is 84.8 cm³/mol. The molecule has 0 bridgehead atoms. The summed E-state index contributed by atoms with van der Waals surface area (Å²) in [4.78, 5) is 15.1. The average molecular weight is 286 g/mol. The number of fused-ring (bicyclic) bond motifs is 1. The minimum Gasteiger partial charge on any atom is -0.494 e. The zero-order valence-electron chi connectivity index (χ0n) is 12.4. The van der Waals surface area contributed by atoms with Crippen LogP contribution in [0.2, 0.25) is 0 Å². The summed E-state index contributed by atoms with van der Waals surface area (Å²) < 4.78 is 5.52. The standard InChI is InChI=1S/C17H22N2O2/c1-2-21-15-7-8-16-12(10-15)9-13(17(20)19-16)11-18-14-5-3-4-6-14/h7-10,14,18H,2-6,11H2,1H3,(H,19,20). The van der Waals surface area contributed by atoms with Crippen molar-refractivity contribution in [2.75, 3.05) is 6.61 Å². The summed E-state index contributed by atoms with van der Waals surface area (Å²) in [5.41, 5.74) is 1.65. The number of H-pyrrole nitrogens is 1. The fourth-order valence-corrected chi connectivity index (χ4v) is 3.00. The number of ether oxygens (including phenoxy) is 1. The Kier molecular flexibility index (Phi) is 4.25. The zero-order chi connectivity index (χ0) is 14.7. The van der Waals surface area contributed by atoms with Crippen LogP contribution in [-0.2, 0) is 6.54 Å². The Labute approximate surface area is 124 Å². The van der Waals surface area contributed by atoms with Gasteiger partial charge in [-0.3, -0.25) is 4.79 Å². The molecule has 0 aliphatic heterocycles. The van der Waals surface area contributed by atoms with Crippen LogP contribution >= 0.6 is 0 Å². The first-order valence-corrected chi connectivity index (χ1v) is 7.78. The van der Waals surface area contributed by atoms with Crippen LogP contribution in [0.1, 0.15) is 38.2 Å². The molecule has 4 nitrogen and oxygen atoms in total. The fourth-order valence-electron chi connectivity index (χ4n) is 3.00. The first kappa shape index (κ1) is 14.1. The lowest BCUT2D eigenvalue weighted by Gasteiger charge is -2.12. The van der Waals surface area contributed by atoms with E-state index < -0.39 is 0 Å². The van der Waals surface area contributed by atoms with Crippen LogP contribution in [-0.4, -0.2) is 17.6 Å². The van der Waals surface area contributed by atoms with Gasteiger partial charge < -0.3 is 15.0 Å². The van der Waals surface area contributed by atoms with Crippen molar-refractivity contribution in [1.29, 1.82) is 0 Å². The third-order valence-electron chi connectivity index (χ3n) is 4.14. The van der Waals surface area contributed by atoms with E-state index in [4.69, 9.17) is 4.74 Å². The van der Waals surface area contributed by atoms with E-state index in [-0.39, 0.29) is 5.56 Å². The van der Waals surface area contributed by atoms with Crippen molar-refractivity contribution < 1.29 is 4.74 Å². The summed E-state index contributed by atoms with van der Waals surface area (Å²) in [7, 11) is 0. The summed E-state index contributed by atoms with van der Waals surface area (Å²) in [6, 6.07) is 8.30. The Bertz CT molecular complexity index is 672. The van der Waals surface area contributed by atoms with Gasteiger partial charge in [0.25, 0.3) is 5.56 Å². The molecule has 1 saturated carbocycles. The highest BCUT2D eigenvalue weighted by Gasteiger charge is 2.14. The molecule has 4 heteroatoms. The maximum Gasteiger partial charge on any atom is 0.252 e. The SMILES string of the molecule is CCOc1ccc2[nH]c(=O)c(CNC3CCCC3)cc2c1. The molecule has 0 unspecified atom stereocenters. The van der Waals surface area contributed by atoms with Crippen molar-refractivity contribution in [3.63, 3.8) is 0 Å². The Balaban J connectivity index is 1.83. The van der Waals surface area contributed by atoms with Gasteiger partial charge in [0.1, 0.15) is 5.75 Å². The van der Waals surface area contributed by atoms with E-state index in [1.807, 2.05) is 31.2 Å². The van der Waals surface area contributed by atoms with E-state index in [9.17, 15) is 4.79 Å². The summed E-state index contributed by atoms with van der Waals surface area (Å²) in [6.45, 7) is 3.24. The maximum atomic E-state index is 12.1. The topological polar surface area (TPSA) is 54.1 Å². The van der Waals surface area contributed by atoms with E-state index in [1.165, 1.54) is 25.7 Å². The number of hydrogen-bond acceptors (Lipinski definition) is 3. The van der Waals surface area contributed by atoms with Crippen molar-refractivity contribution >= 4 is 10.9 Å². The summed E-state index contributed by atoms with van der Waals surface area (Å²) in [5, 5.41) is 4.51. The third kappa shape index (κ3) is 3.27. The van der Waals surface area contributed by atoms with Crippen LogP contribution in [0.3, 0.4) is 0 Å². The first-order valence-electron chi connectivity index (χ1n) is 7.78. The molecular formula is C17H22N2O2. The Morgan fingerprint density at radius 3 is 2.86 bits per heavy atom. The Morgan fingerprint density at radius 2 is 2.10 bits per heavy atom. The minimum atomic E-state index is -0.00263. The lowest BCUT2D eigenvalue weighted by molar-refractivity contribution is 0.340. The quantitative estimate of drug-likeness (QED) is 0.888. The highest BCUT2D eigenvalue weighted by Crippen LogP contribution is 2.20. The van der Waals surface area contributed by atoms with E-state index in [2.05, 4.69) is 10.3 Å². The number of rotatable bonds is 5. The Morgan fingerprint density at radius 1 is 1.29 bits per heavy atom. The molecule has 2 N–H and O–H groups in total. The van der Waals surface area contributed by atoms with Crippen LogP contribution in [0.25, 0.3) is 10.9 Å². The van der Waals surface area contributed by atoms with Gasteiger partial charge in [-0.1, -0.05) is 12.8 Å². The van der Waals surface area contributed by atoms with Crippen LogP contribution < -0.4 is 15.6 Å². The average Bonchev–Trinajstić information content (AvgIpc) is 2.99.